The molecular formula is C14H6F7NO2. The molecule has 3 nitrogen and oxygen atoms in total. The van der Waals surface area contributed by atoms with Gasteiger partial charge in [-0.15, -0.1) is 0 Å². The van der Waals surface area contributed by atoms with Crippen molar-refractivity contribution in [2.24, 2.45) is 0 Å². The Hall–Kier alpha value is -2.78. The summed E-state index contributed by atoms with van der Waals surface area (Å²) in [6.07, 6.45) is -3.40. The zero-order valence-corrected chi connectivity index (χ0v) is 11.3. The minimum Gasteiger partial charge on any atom is -0.478 e. The summed E-state index contributed by atoms with van der Waals surface area (Å²) in [5.74, 6) is -13.9. The number of benzene rings is 2. The number of carbonyl (C=O) groups is 1. The minimum atomic E-state index is -3.40. The molecule has 2 aromatic rings. The van der Waals surface area contributed by atoms with Crippen molar-refractivity contribution in [2.45, 2.75) is 6.30 Å². The van der Waals surface area contributed by atoms with E-state index in [0.29, 0.717) is 6.07 Å². The fourth-order valence-corrected chi connectivity index (χ4v) is 1.85. The minimum absolute atomic E-state index is 0.486. The summed E-state index contributed by atoms with van der Waals surface area (Å²) in [7, 11) is 0. The van der Waals surface area contributed by atoms with Crippen LogP contribution in [-0.4, -0.2) is 11.1 Å². The van der Waals surface area contributed by atoms with Gasteiger partial charge in [-0.2, -0.15) is 5.12 Å². The van der Waals surface area contributed by atoms with E-state index in [2.05, 4.69) is 0 Å². The van der Waals surface area contributed by atoms with E-state index in [1.165, 1.54) is 0 Å². The maximum Gasteiger partial charge on any atom is 0.335 e. The highest BCUT2D eigenvalue weighted by Gasteiger charge is 2.34. The second kappa shape index (κ2) is 6.38. The molecule has 2 rings (SSSR count). The van der Waals surface area contributed by atoms with Crippen molar-refractivity contribution < 1.29 is 40.7 Å². The predicted molar refractivity (Wildman–Crippen MR) is 67.1 cm³/mol. The molecule has 1 atom stereocenters. The molecule has 0 aliphatic carbocycles. The molecule has 1 unspecified atom stereocenters. The molecule has 0 aliphatic heterocycles. The molecule has 0 bridgehead atoms. The molecule has 0 radical (unpaired) electrons. The number of carboxylic acid groups (broad SMARTS) is 1. The normalized spacial score (nSPS) is 12.1. The van der Waals surface area contributed by atoms with Gasteiger partial charge in [0.25, 0.3) is 0 Å². The molecule has 1 N–H and O–H groups in total. The SMILES string of the molecule is O=C(O)c1cccc(N(F)C(F)c2c(F)c(F)c(F)c(F)c2F)c1. The van der Waals surface area contributed by atoms with Crippen LogP contribution in [0, 0.1) is 29.1 Å². The molecule has 24 heavy (non-hydrogen) atoms. The van der Waals surface area contributed by atoms with Gasteiger partial charge in [0, 0.05) is 0 Å². The van der Waals surface area contributed by atoms with Crippen LogP contribution < -0.4 is 5.12 Å². The first-order valence-electron chi connectivity index (χ1n) is 6.10. The van der Waals surface area contributed by atoms with E-state index in [0.717, 1.165) is 18.2 Å². The lowest BCUT2D eigenvalue weighted by atomic mass is 10.1. The Morgan fingerprint density at radius 3 is 1.96 bits per heavy atom. The van der Waals surface area contributed by atoms with Crippen molar-refractivity contribution in [1.82, 2.24) is 0 Å². The Morgan fingerprint density at radius 2 is 1.46 bits per heavy atom. The number of hydrogen-bond acceptors (Lipinski definition) is 2. The van der Waals surface area contributed by atoms with Crippen LogP contribution in [0.4, 0.5) is 36.5 Å². The molecule has 0 fully saturated rings. The second-order valence-corrected chi connectivity index (χ2v) is 4.49. The average molecular weight is 353 g/mol. The Balaban J connectivity index is 2.51. The molecule has 2 aromatic carbocycles. The maximum absolute atomic E-state index is 14.0. The van der Waals surface area contributed by atoms with Gasteiger partial charge in [-0.1, -0.05) is 10.5 Å². The molecule has 10 heteroatoms. The molecule has 0 spiro atoms. The highest BCUT2D eigenvalue weighted by Crippen LogP contribution is 2.35. The van der Waals surface area contributed by atoms with Gasteiger partial charge in [-0.25, -0.2) is 31.1 Å². The number of hydrogen-bond donors (Lipinski definition) is 1. The lowest BCUT2D eigenvalue weighted by Gasteiger charge is -2.20. The van der Waals surface area contributed by atoms with Crippen LogP contribution in [0.15, 0.2) is 24.3 Å². The third-order valence-corrected chi connectivity index (χ3v) is 3.02. The van der Waals surface area contributed by atoms with Gasteiger partial charge in [-0.05, 0) is 18.2 Å². The van der Waals surface area contributed by atoms with E-state index >= 15 is 0 Å². The topological polar surface area (TPSA) is 40.5 Å². The lowest BCUT2D eigenvalue weighted by molar-refractivity contribution is 0.0696. The summed E-state index contributed by atoms with van der Waals surface area (Å²) >= 11 is 0. The average Bonchev–Trinajstić information content (AvgIpc) is 2.57. The van der Waals surface area contributed by atoms with E-state index in [1.807, 2.05) is 0 Å². The molecule has 0 aromatic heterocycles. The summed E-state index contributed by atoms with van der Waals surface area (Å²) in [6.45, 7) is 0. The van der Waals surface area contributed by atoms with E-state index < -0.39 is 63.3 Å². The van der Waals surface area contributed by atoms with Crippen LogP contribution in [0.1, 0.15) is 22.2 Å². The molecule has 0 amide bonds. The standard InChI is InChI=1S/C14H6F7NO2/c15-8-7(9(16)11(18)12(19)10(8)17)13(20)22(21)6-3-1-2-5(4-6)14(23)24/h1-4,13H,(H,23,24). The van der Waals surface area contributed by atoms with E-state index in [-0.39, 0.29) is 0 Å². The molecule has 0 saturated heterocycles. The first-order valence-corrected chi connectivity index (χ1v) is 6.10. The Labute approximate surface area is 129 Å². The molecule has 0 aliphatic rings. The highest BCUT2D eigenvalue weighted by molar-refractivity contribution is 5.88. The number of carboxylic acids is 1. The van der Waals surface area contributed by atoms with Crippen molar-refractivity contribution in [3.63, 3.8) is 0 Å². The summed E-state index contributed by atoms with van der Waals surface area (Å²) in [5.41, 5.74) is -3.32. The zero-order chi connectivity index (χ0) is 18.2. The van der Waals surface area contributed by atoms with Gasteiger partial charge in [0.15, 0.2) is 23.3 Å². The number of alkyl halides is 1. The number of rotatable bonds is 4. The highest BCUT2D eigenvalue weighted by atomic mass is 19.2. The van der Waals surface area contributed by atoms with E-state index in [9.17, 15) is 35.6 Å². The first kappa shape index (κ1) is 17.6. The number of nitrogens with zero attached hydrogens (tertiary/aromatic N) is 1. The van der Waals surface area contributed by atoms with Crippen molar-refractivity contribution in [3.8, 4) is 0 Å². The molecular weight excluding hydrogens is 347 g/mol. The fourth-order valence-electron chi connectivity index (χ4n) is 1.85. The number of halogens is 7. The van der Waals surface area contributed by atoms with Crippen LogP contribution in [0.2, 0.25) is 0 Å². The fraction of sp³-hybridized carbons (Fsp3) is 0.0714. The third kappa shape index (κ3) is 2.86. The van der Waals surface area contributed by atoms with E-state index in [1.54, 1.807) is 0 Å². The Kier molecular flexibility index (Phi) is 4.67. The zero-order valence-electron chi connectivity index (χ0n) is 11.3. The largest absolute Gasteiger partial charge is 0.478 e. The van der Waals surface area contributed by atoms with Crippen LogP contribution in [0.25, 0.3) is 0 Å². The first-order chi connectivity index (χ1) is 11.2. The number of anilines is 1. The molecule has 0 saturated carbocycles. The van der Waals surface area contributed by atoms with Gasteiger partial charge in [0.05, 0.1) is 16.8 Å². The van der Waals surface area contributed by atoms with Crippen LogP contribution >= 0.6 is 0 Å². The summed E-state index contributed by atoms with van der Waals surface area (Å²) in [4.78, 5) is 10.8. The Morgan fingerprint density at radius 1 is 0.958 bits per heavy atom. The van der Waals surface area contributed by atoms with Crippen LogP contribution in [0.5, 0.6) is 0 Å². The number of aromatic carboxylic acids is 1. The van der Waals surface area contributed by atoms with Gasteiger partial charge in [0.2, 0.25) is 12.1 Å². The van der Waals surface area contributed by atoms with Crippen molar-refractivity contribution >= 4 is 11.7 Å². The Bertz CT molecular complexity index is 783. The van der Waals surface area contributed by atoms with Gasteiger partial charge < -0.3 is 5.11 Å². The predicted octanol–water partition coefficient (Wildman–Crippen LogP) is 4.44. The van der Waals surface area contributed by atoms with Gasteiger partial charge in [-0.3, -0.25) is 0 Å². The monoisotopic (exact) mass is 353 g/mol. The third-order valence-electron chi connectivity index (χ3n) is 3.02. The smallest absolute Gasteiger partial charge is 0.335 e. The van der Waals surface area contributed by atoms with Crippen LogP contribution in [-0.2, 0) is 0 Å². The summed E-state index contributed by atoms with van der Waals surface area (Å²) in [5, 5.41) is 7.79. The van der Waals surface area contributed by atoms with Crippen molar-refractivity contribution in [3.05, 3.63) is 64.5 Å². The van der Waals surface area contributed by atoms with E-state index in [4.69, 9.17) is 5.11 Å². The second-order valence-electron chi connectivity index (χ2n) is 4.49. The lowest BCUT2D eigenvalue weighted by Crippen LogP contribution is -2.21. The van der Waals surface area contributed by atoms with Gasteiger partial charge in [0.1, 0.15) is 0 Å². The van der Waals surface area contributed by atoms with Crippen LogP contribution in [0.3, 0.4) is 0 Å². The molecule has 0 heterocycles. The summed E-state index contributed by atoms with van der Waals surface area (Å²) < 4.78 is 94.0. The quantitative estimate of drug-likeness (QED) is 0.290. The van der Waals surface area contributed by atoms with Gasteiger partial charge >= 0.3 is 5.97 Å². The maximum atomic E-state index is 14.0. The van der Waals surface area contributed by atoms with Crippen molar-refractivity contribution in [2.75, 3.05) is 5.12 Å². The molecule has 128 valence electrons. The van der Waals surface area contributed by atoms with Crippen molar-refractivity contribution in [1.29, 1.82) is 0 Å². The summed E-state index contributed by atoms with van der Waals surface area (Å²) in [6, 6.07) is 3.47.